The molecule has 1 aromatic rings. The molecular formula is C11H10F3NO4S2. The average molecular weight is 341 g/mol. The molecule has 0 unspecified atom stereocenters. The quantitative estimate of drug-likeness (QED) is 0.908. The van der Waals surface area contributed by atoms with E-state index in [1.165, 1.54) is 0 Å². The van der Waals surface area contributed by atoms with Crippen LogP contribution in [0.3, 0.4) is 0 Å². The largest absolute Gasteiger partial charge is 0.480 e. The lowest BCUT2D eigenvalue weighted by molar-refractivity contribution is -0.140. The van der Waals surface area contributed by atoms with E-state index >= 15 is 0 Å². The highest BCUT2D eigenvalue weighted by atomic mass is 32.2. The van der Waals surface area contributed by atoms with Crippen molar-refractivity contribution in [3.05, 3.63) is 29.8 Å². The number of sulfonamides is 1. The monoisotopic (exact) mass is 341 g/mol. The number of nitrogens with zero attached hydrogens (tertiary/aromatic N) is 1. The predicted octanol–water partition coefficient (Wildman–Crippen LogP) is 1.85. The SMILES string of the molecule is O=C(O)[C@@H]1CSCN1S(=O)(=O)c1cccc(C(F)(F)F)c1. The van der Waals surface area contributed by atoms with Crippen LogP contribution in [-0.2, 0) is 21.0 Å². The Balaban J connectivity index is 2.43. The van der Waals surface area contributed by atoms with E-state index in [1.54, 1.807) is 0 Å². The zero-order valence-corrected chi connectivity index (χ0v) is 12.0. The molecule has 1 aliphatic rings. The number of benzene rings is 1. The number of carbonyl (C=O) groups is 1. The van der Waals surface area contributed by atoms with Crippen molar-refractivity contribution in [2.45, 2.75) is 17.1 Å². The molecular weight excluding hydrogens is 331 g/mol. The van der Waals surface area contributed by atoms with Crippen molar-refractivity contribution in [2.24, 2.45) is 0 Å². The van der Waals surface area contributed by atoms with E-state index in [4.69, 9.17) is 5.11 Å². The van der Waals surface area contributed by atoms with Crippen LogP contribution in [0.2, 0.25) is 0 Å². The second-order valence-electron chi connectivity index (χ2n) is 4.27. The first-order valence-electron chi connectivity index (χ1n) is 5.63. The third-order valence-electron chi connectivity index (χ3n) is 2.89. The lowest BCUT2D eigenvalue weighted by atomic mass is 10.2. The van der Waals surface area contributed by atoms with Gasteiger partial charge in [-0.2, -0.15) is 17.5 Å². The third-order valence-corrected chi connectivity index (χ3v) is 5.92. The van der Waals surface area contributed by atoms with E-state index in [0.29, 0.717) is 10.4 Å². The maximum absolute atomic E-state index is 12.6. The van der Waals surface area contributed by atoms with Crippen LogP contribution in [0.4, 0.5) is 13.2 Å². The summed E-state index contributed by atoms with van der Waals surface area (Å²) in [5, 5.41) is 8.98. The summed E-state index contributed by atoms with van der Waals surface area (Å²) in [6.07, 6.45) is -4.67. The van der Waals surface area contributed by atoms with Crippen LogP contribution < -0.4 is 0 Å². The minimum atomic E-state index is -4.67. The molecule has 0 aromatic heterocycles. The van der Waals surface area contributed by atoms with E-state index in [2.05, 4.69) is 0 Å². The fourth-order valence-electron chi connectivity index (χ4n) is 1.83. The molecule has 10 heteroatoms. The number of halogens is 3. The van der Waals surface area contributed by atoms with Crippen molar-refractivity contribution >= 4 is 27.8 Å². The highest BCUT2D eigenvalue weighted by Gasteiger charge is 2.41. The normalized spacial score (nSPS) is 20.6. The molecule has 5 nitrogen and oxygen atoms in total. The molecule has 21 heavy (non-hydrogen) atoms. The number of rotatable bonds is 3. The first kappa shape index (κ1) is 16.1. The molecule has 2 rings (SSSR count). The summed E-state index contributed by atoms with van der Waals surface area (Å²) in [6, 6.07) is 2.00. The van der Waals surface area contributed by atoms with Crippen molar-refractivity contribution in [3.63, 3.8) is 0 Å². The van der Waals surface area contributed by atoms with Gasteiger partial charge in [-0.3, -0.25) is 4.79 Å². The van der Waals surface area contributed by atoms with Crippen molar-refractivity contribution < 1.29 is 31.5 Å². The Bertz CT molecular complexity index is 660. The van der Waals surface area contributed by atoms with Gasteiger partial charge in [-0.1, -0.05) is 6.07 Å². The van der Waals surface area contributed by atoms with Gasteiger partial charge in [0, 0.05) is 5.75 Å². The topological polar surface area (TPSA) is 74.7 Å². The summed E-state index contributed by atoms with van der Waals surface area (Å²) in [5.74, 6) is -1.36. The minimum absolute atomic E-state index is 0.0630. The lowest BCUT2D eigenvalue weighted by Gasteiger charge is -2.20. The number of thioether (sulfide) groups is 1. The van der Waals surface area contributed by atoms with Gasteiger partial charge in [-0.15, -0.1) is 11.8 Å². The number of alkyl halides is 3. The maximum Gasteiger partial charge on any atom is 0.416 e. The highest BCUT2D eigenvalue weighted by molar-refractivity contribution is 8.00. The van der Waals surface area contributed by atoms with Crippen molar-refractivity contribution in [1.29, 1.82) is 0 Å². The van der Waals surface area contributed by atoms with Gasteiger partial charge in [0.05, 0.1) is 16.3 Å². The van der Waals surface area contributed by atoms with Crippen molar-refractivity contribution in [2.75, 3.05) is 11.6 Å². The smallest absolute Gasteiger partial charge is 0.416 e. The first-order chi connectivity index (χ1) is 9.64. The third kappa shape index (κ3) is 3.16. The van der Waals surface area contributed by atoms with Gasteiger partial charge < -0.3 is 5.11 Å². The zero-order chi connectivity index (χ0) is 15.8. The lowest BCUT2D eigenvalue weighted by Crippen LogP contribution is -2.41. The Kier molecular flexibility index (Phi) is 4.22. The fraction of sp³-hybridized carbons (Fsp3) is 0.364. The minimum Gasteiger partial charge on any atom is -0.480 e. The van der Waals surface area contributed by atoms with Gasteiger partial charge in [0.25, 0.3) is 0 Å². The Morgan fingerprint density at radius 1 is 1.38 bits per heavy atom. The first-order valence-corrected chi connectivity index (χ1v) is 8.23. The summed E-state index contributed by atoms with van der Waals surface area (Å²) < 4.78 is 63.2. The Hall–Kier alpha value is -1.26. The second-order valence-corrected chi connectivity index (χ2v) is 7.16. The Morgan fingerprint density at radius 3 is 2.62 bits per heavy atom. The molecule has 0 radical (unpaired) electrons. The molecule has 0 amide bonds. The van der Waals surface area contributed by atoms with Crippen LogP contribution in [0.15, 0.2) is 29.2 Å². The van der Waals surface area contributed by atoms with Gasteiger partial charge in [0.15, 0.2) is 0 Å². The van der Waals surface area contributed by atoms with E-state index in [9.17, 15) is 26.4 Å². The average Bonchev–Trinajstić information content (AvgIpc) is 2.88. The summed E-state index contributed by atoms with van der Waals surface area (Å²) in [4.78, 5) is 10.5. The van der Waals surface area contributed by atoms with Crippen LogP contribution in [0, 0.1) is 0 Å². The maximum atomic E-state index is 12.6. The summed E-state index contributed by atoms with van der Waals surface area (Å²) >= 11 is 1.09. The van der Waals surface area contributed by atoms with Gasteiger partial charge in [0.2, 0.25) is 10.0 Å². The zero-order valence-electron chi connectivity index (χ0n) is 10.4. The van der Waals surface area contributed by atoms with Gasteiger partial charge >= 0.3 is 12.1 Å². The molecule has 0 bridgehead atoms. The number of aliphatic carboxylic acids is 1. The number of carboxylic acid groups (broad SMARTS) is 1. The van der Waals surface area contributed by atoms with Crippen LogP contribution in [0.5, 0.6) is 0 Å². The van der Waals surface area contributed by atoms with Crippen molar-refractivity contribution in [1.82, 2.24) is 4.31 Å². The summed E-state index contributed by atoms with van der Waals surface area (Å²) in [6.45, 7) is 0. The molecule has 1 aliphatic heterocycles. The molecule has 1 aromatic carbocycles. The molecule has 0 spiro atoms. The predicted molar refractivity (Wildman–Crippen MR) is 69.2 cm³/mol. The molecule has 1 heterocycles. The van der Waals surface area contributed by atoms with Crippen LogP contribution >= 0.6 is 11.8 Å². The summed E-state index contributed by atoms with van der Waals surface area (Å²) in [5.41, 5.74) is -1.10. The second kappa shape index (κ2) is 5.50. The van der Waals surface area contributed by atoms with Gasteiger partial charge in [0.1, 0.15) is 6.04 Å². The van der Waals surface area contributed by atoms with E-state index < -0.39 is 38.7 Å². The van der Waals surface area contributed by atoms with Crippen LogP contribution in [-0.4, -0.2) is 41.5 Å². The molecule has 1 fully saturated rings. The Labute approximate surface area is 122 Å². The molecule has 1 atom stereocenters. The van der Waals surface area contributed by atoms with Gasteiger partial charge in [-0.25, -0.2) is 8.42 Å². The van der Waals surface area contributed by atoms with Gasteiger partial charge in [-0.05, 0) is 18.2 Å². The van der Waals surface area contributed by atoms with Crippen LogP contribution in [0.1, 0.15) is 5.56 Å². The molecule has 1 saturated heterocycles. The van der Waals surface area contributed by atoms with Crippen molar-refractivity contribution in [3.8, 4) is 0 Å². The van der Waals surface area contributed by atoms with E-state index in [1.807, 2.05) is 0 Å². The molecule has 116 valence electrons. The highest BCUT2D eigenvalue weighted by Crippen LogP contribution is 2.33. The Morgan fingerprint density at radius 2 is 2.05 bits per heavy atom. The number of carboxylic acids is 1. The number of hydrogen-bond donors (Lipinski definition) is 1. The fourth-order valence-corrected chi connectivity index (χ4v) is 5.01. The van der Waals surface area contributed by atoms with E-state index in [0.717, 1.165) is 30.0 Å². The summed E-state index contributed by atoms with van der Waals surface area (Å²) in [7, 11) is -4.28. The number of hydrogen-bond acceptors (Lipinski definition) is 4. The van der Waals surface area contributed by atoms with Crippen LogP contribution in [0.25, 0.3) is 0 Å². The standard InChI is InChI=1S/C11H10F3NO4S2/c12-11(13,14)7-2-1-3-8(4-7)21(18,19)15-6-20-5-9(15)10(16)17/h1-4,9H,5-6H2,(H,16,17)/t9-/m0/s1. The molecule has 1 N–H and O–H groups in total. The molecule has 0 saturated carbocycles. The molecule has 0 aliphatic carbocycles. The van der Waals surface area contributed by atoms with E-state index in [-0.39, 0.29) is 11.6 Å².